The van der Waals surface area contributed by atoms with Gasteiger partial charge in [-0.05, 0) is 64.4 Å². The van der Waals surface area contributed by atoms with Gasteiger partial charge in [0.25, 0.3) is 0 Å². The van der Waals surface area contributed by atoms with Gasteiger partial charge < -0.3 is 5.32 Å². The Kier molecular flexibility index (Phi) is 6.99. The molecule has 3 aromatic carbocycles. The minimum atomic E-state index is -3.83. The van der Waals surface area contributed by atoms with Gasteiger partial charge >= 0.3 is 0 Å². The van der Waals surface area contributed by atoms with Crippen LogP contribution in [-0.4, -0.2) is 29.7 Å². The third-order valence-electron chi connectivity index (χ3n) is 5.12. The van der Waals surface area contributed by atoms with E-state index in [1.54, 1.807) is 36.5 Å². The van der Waals surface area contributed by atoms with Crippen molar-refractivity contribution in [3.8, 4) is 11.3 Å². The van der Waals surface area contributed by atoms with E-state index in [-0.39, 0.29) is 22.8 Å². The van der Waals surface area contributed by atoms with Crippen molar-refractivity contribution in [2.45, 2.75) is 11.4 Å². The lowest BCUT2D eigenvalue weighted by Gasteiger charge is -2.18. The number of nitrogens with zero attached hydrogens (tertiary/aromatic N) is 5. The van der Waals surface area contributed by atoms with Gasteiger partial charge in [0, 0.05) is 31.0 Å². The van der Waals surface area contributed by atoms with Crippen molar-refractivity contribution >= 4 is 33.0 Å². The zero-order chi connectivity index (χ0) is 24.8. The Balaban J connectivity index is 1.54. The Hall–Kier alpha value is -4.35. The molecule has 0 unspecified atom stereocenters. The van der Waals surface area contributed by atoms with E-state index in [1.807, 2.05) is 24.3 Å². The summed E-state index contributed by atoms with van der Waals surface area (Å²) in [5, 5.41) is 8.77. The van der Waals surface area contributed by atoms with Crippen LogP contribution in [0.3, 0.4) is 0 Å². The number of aromatic nitrogens is 2. The molecule has 4 aromatic rings. The number of hydrogen-bond donors (Lipinski definition) is 1. The van der Waals surface area contributed by atoms with Gasteiger partial charge in [0.05, 0.1) is 10.6 Å². The summed E-state index contributed by atoms with van der Waals surface area (Å²) >= 11 is 0. The summed E-state index contributed by atoms with van der Waals surface area (Å²) in [4.78, 5) is 30.3. The summed E-state index contributed by atoms with van der Waals surface area (Å²) in [6, 6.07) is 21.3. The van der Waals surface area contributed by atoms with Crippen molar-refractivity contribution in [2.75, 3.05) is 12.4 Å². The summed E-state index contributed by atoms with van der Waals surface area (Å²) in [7, 11) is -2.36. The van der Waals surface area contributed by atoms with E-state index in [1.165, 1.54) is 35.6 Å². The minimum Gasteiger partial charge on any atom is -0.324 e. The lowest BCUT2D eigenvalue weighted by atomic mass is 10.1. The molecular formula is C24H20N6O4S. The van der Waals surface area contributed by atoms with Gasteiger partial charge in [-0.25, -0.2) is 18.4 Å². The van der Waals surface area contributed by atoms with Crippen LogP contribution in [-0.2, 0) is 16.6 Å². The predicted molar refractivity (Wildman–Crippen MR) is 133 cm³/mol. The van der Waals surface area contributed by atoms with Gasteiger partial charge in [-0.2, -0.15) is 4.31 Å². The van der Waals surface area contributed by atoms with E-state index in [2.05, 4.69) is 25.6 Å². The lowest BCUT2D eigenvalue weighted by molar-refractivity contribution is 0.467. The molecule has 0 saturated carbocycles. The number of sulfonamides is 1. The first-order valence-corrected chi connectivity index (χ1v) is 11.9. The van der Waals surface area contributed by atoms with E-state index in [0.29, 0.717) is 17.3 Å². The van der Waals surface area contributed by atoms with Crippen molar-refractivity contribution in [3.63, 3.8) is 0 Å². The maximum absolute atomic E-state index is 13.0. The SMILES string of the molecule is CN(Cc1cccc(-c2ccnc(Nc3cccc(N=O)c3)n2)c1)S(=O)(=O)c1cccc(N=O)c1. The summed E-state index contributed by atoms with van der Waals surface area (Å²) in [5.41, 5.74) is 3.10. The fourth-order valence-corrected chi connectivity index (χ4v) is 4.60. The number of rotatable bonds is 9. The average molecular weight is 489 g/mol. The van der Waals surface area contributed by atoms with Gasteiger partial charge in [-0.3, -0.25) is 0 Å². The highest BCUT2D eigenvalue weighted by molar-refractivity contribution is 7.89. The summed E-state index contributed by atoms with van der Waals surface area (Å²) in [5.74, 6) is 0.333. The highest BCUT2D eigenvalue weighted by atomic mass is 32.2. The number of anilines is 2. The molecule has 0 amide bonds. The molecule has 35 heavy (non-hydrogen) atoms. The van der Waals surface area contributed by atoms with Gasteiger partial charge in [0.2, 0.25) is 16.0 Å². The zero-order valence-corrected chi connectivity index (χ0v) is 19.4. The van der Waals surface area contributed by atoms with Crippen molar-refractivity contribution in [1.29, 1.82) is 0 Å². The fourth-order valence-electron chi connectivity index (χ4n) is 3.40. The first-order valence-electron chi connectivity index (χ1n) is 10.4. The molecule has 0 aliphatic rings. The Labute approximate surface area is 201 Å². The molecule has 0 aliphatic heterocycles. The Morgan fingerprint density at radius 3 is 2.37 bits per heavy atom. The highest BCUT2D eigenvalue weighted by Crippen LogP contribution is 2.25. The molecule has 176 valence electrons. The Morgan fingerprint density at radius 1 is 0.886 bits per heavy atom. The van der Waals surface area contributed by atoms with E-state index in [9.17, 15) is 18.2 Å². The van der Waals surface area contributed by atoms with Crippen LogP contribution in [0.1, 0.15) is 5.56 Å². The molecule has 11 heteroatoms. The normalized spacial score (nSPS) is 11.3. The second-order valence-corrected chi connectivity index (χ2v) is 9.63. The van der Waals surface area contributed by atoms with Crippen molar-refractivity contribution in [1.82, 2.24) is 14.3 Å². The molecule has 0 atom stereocenters. The molecule has 0 saturated heterocycles. The standard InChI is InChI=1S/C24H20N6O4S/c1-30(35(33,34)22-10-4-9-21(15-22)29-32)16-17-5-2-6-18(13-17)23-11-12-25-24(27-23)26-19-7-3-8-20(14-19)28-31/h2-15H,16H2,1H3,(H,25,26,27). The first kappa shape index (κ1) is 23.8. The zero-order valence-electron chi connectivity index (χ0n) is 18.6. The van der Waals surface area contributed by atoms with Gasteiger partial charge in [0.15, 0.2) is 0 Å². The van der Waals surface area contributed by atoms with Gasteiger partial charge in [-0.15, -0.1) is 9.81 Å². The van der Waals surface area contributed by atoms with Crippen LogP contribution >= 0.6 is 0 Å². The molecule has 0 spiro atoms. The predicted octanol–water partition coefficient (Wildman–Crippen LogP) is 5.50. The number of benzene rings is 3. The fraction of sp³-hybridized carbons (Fsp3) is 0.0833. The maximum Gasteiger partial charge on any atom is 0.243 e. The summed E-state index contributed by atoms with van der Waals surface area (Å²) < 4.78 is 27.1. The third kappa shape index (κ3) is 5.60. The van der Waals surface area contributed by atoms with Gasteiger partial charge in [0.1, 0.15) is 11.4 Å². The molecular weight excluding hydrogens is 468 g/mol. The smallest absolute Gasteiger partial charge is 0.243 e. The largest absolute Gasteiger partial charge is 0.324 e. The quantitative estimate of drug-likeness (QED) is 0.307. The van der Waals surface area contributed by atoms with Crippen molar-refractivity contribution in [3.05, 3.63) is 100 Å². The van der Waals surface area contributed by atoms with Crippen LogP contribution < -0.4 is 5.32 Å². The Bertz CT molecular complexity index is 1490. The van der Waals surface area contributed by atoms with Gasteiger partial charge in [-0.1, -0.05) is 30.3 Å². The maximum atomic E-state index is 13.0. The van der Waals surface area contributed by atoms with Crippen LogP contribution in [0.25, 0.3) is 11.3 Å². The molecule has 0 radical (unpaired) electrons. The number of hydrogen-bond acceptors (Lipinski definition) is 9. The first-order chi connectivity index (χ1) is 16.9. The topological polar surface area (TPSA) is 134 Å². The molecule has 10 nitrogen and oxygen atoms in total. The average Bonchev–Trinajstić information content (AvgIpc) is 2.89. The number of nitroso groups, excluding NO2 is 2. The van der Waals surface area contributed by atoms with Crippen LogP contribution in [0.2, 0.25) is 0 Å². The van der Waals surface area contributed by atoms with E-state index < -0.39 is 10.0 Å². The second kappa shape index (κ2) is 10.3. The monoisotopic (exact) mass is 488 g/mol. The van der Waals surface area contributed by atoms with Crippen LogP contribution in [0, 0.1) is 9.81 Å². The minimum absolute atomic E-state index is 0.00591. The van der Waals surface area contributed by atoms with Crippen molar-refractivity contribution < 1.29 is 8.42 Å². The summed E-state index contributed by atoms with van der Waals surface area (Å²) in [6.07, 6.45) is 1.60. The Morgan fingerprint density at radius 2 is 1.60 bits per heavy atom. The van der Waals surface area contributed by atoms with E-state index in [0.717, 1.165) is 11.1 Å². The molecule has 0 fully saturated rings. The lowest BCUT2D eigenvalue weighted by Crippen LogP contribution is -2.26. The van der Waals surface area contributed by atoms with Crippen molar-refractivity contribution in [2.24, 2.45) is 10.4 Å². The molecule has 1 heterocycles. The van der Waals surface area contributed by atoms with Crippen LogP contribution in [0.5, 0.6) is 0 Å². The molecule has 1 N–H and O–H groups in total. The van der Waals surface area contributed by atoms with Crippen LogP contribution in [0.15, 0.2) is 100 Å². The third-order valence-corrected chi connectivity index (χ3v) is 6.92. The summed E-state index contributed by atoms with van der Waals surface area (Å²) in [6.45, 7) is 0.108. The molecule has 1 aromatic heterocycles. The molecule has 4 rings (SSSR count). The molecule has 0 aliphatic carbocycles. The molecule has 0 bridgehead atoms. The highest BCUT2D eigenvalue weighted by Gasteiger charge is 2.21. The number of nitrogens with one attached hydrogen (secondary N) is 1. The second-order valence-electron chi connectivity index (χ2n) is 7.58. The van der Waals surface area contributed by atoms with E-state index >= 15 is 0 Å². The van der Waals surface area contributed by atoms with Crippen LogP contribution in [0.4, 0.5) is 23.0 Å². The van der Waals surface area contributed by atoms with E-state index in [4.69, 9.17) is 0 Å².